The van der Waals surface area contributed by atoms with Crippen LogP contribution in [0.5, 0.6) is 0 Å². The number of hydrogen-bond donors (Lipinski definition) is 2. The van der Waals surface area contributed by atoms with Crippen molar-refractivity contribution in [2.24, 2.45) is 11.8 Å². The van der Waals surface area contributed by atoms with Gasteiger partial charge in [0.05, 0.1) is 31.0 Å². The average molecular weight is 521 g/mol. The Labute approximate surface area is 220 Å². The molecule has 3 aliphatic heterocycles. The number of ketones is 1. The van der Waals surface area contributed by atoms with Crippen LogP contribution >= 0.6 is 0 Å². The molecule has 2 N–H and O–H groups in total. The second-order valence-corrected chi connectivity index (χ2v) is 11.4. The maximum absolute atomic E-state index is 12.4. The molecule has 3 fully saturated rings. The highest BCUT2D eigenvalue weighted by Crippen LogP contribution is 2.46. The van der Waals surface area contributed by atoms with Gasteiger partial charge in [-0.3, -0.25) is 9.59 Å². The Morgan fingerprint density at radius 1 is 1.22 bits per heavy atom. The van der Waals surface area contributed by atoms with Gasteiger partial charge >= 0.3 is 5.97 Å². The quantitative estimate of drug-likeness (QED) is 0.195. The molecule has 3 rings (SSSR count). The third-order valence-electron chi connectivity index (χ3n) is 7.75. The van der Waals surface area contributed by atoms with E-state index >= 15 is 0 Å². The highest BCUT2D eigenvalue weighted by Gasteiger charge is 2.61. The molecule has 0 aliphatic carbocycles. The van der Waals surface area contributed by atoms with Gasteiger partial charge < -0.3 is 29.2 Å². The Morgan fingerprint density at radius 3 is 2.54 bits per heavy atom. The number of allylic oxidation sites excluding steroid dienone is 3. The number of epoxide rings is 1. The van der Waals surface area contributed by atoms with Gasteiger partial charge in [-0.1, -0.05) is 30.7 Å². The van der Waals surface area contributed by atoms with E-state index in [-0.39, 0.29) is 36.5 Å². The smallest absolute Gasteiger partial charge is 0.303 e. The van der Waals surface area contributed by atoms with Gasteiger partial charge in [0.25, 0.3) is 0 Å². The van der Waals surface area contributed by atoms with Crippen LogP contribution in [-0.2, 0) is 28.5 Å². The van der Waals surface area contributed by atoms with Crippen molar-refractivity contribution in [2.45, 2.75) is 109 Å². The van der Waals surface area contributed by atoms with Crippen LogP contribution in [-0.4, -0.2) is 76.9 Å². The fourth-order valence-corrected chi connectivity index (χ4v) is 5.44. The minimum atomic E-state index is -0.766. The maximum Gasteiger partial charge on any atom is 0.303 e. The van der Waals surface area contributed by atoms with Gasteiger partial charge in [0.15, 0.2) is 5.78 Å². The van der Waals surface area contributed by atoms with E-state index < -0.39 is 29.5 Å². The zero-order valence-corrected chi connectivity index (χ0v) is 23.0. The topological polar surface area (TPSA) is 115 Å². The number of hydrogen-bond acceptors (Lipinski definition) is 8. The lowest BCUT2D eigenvalue weighted by atomic mass is 9.81. The molecule has 8 nitrogen and oxygen atoms in total. The predicted molar refractivity (Wildman–Crippen MR) is 139 cm³/mol. The summed E-state index contributed by atoms with van der Waals surface area (Å²) in [6.07, 6.45) is 9.83. The van der Waals surface area contributed by atoms with Crippen LogP contribution in [0.25, 0.3) is 0 Å². The minimum Gasteiger partial charge on any atom is -0.459 e. The summed E-state index contributed by atoms with van der Waals surface area (Å²) in [7, 11) is 0. The summed E-state index contributed by atoms with van der Waals surface area (Å²) in [6, 6.07) is 0. The molecule has 208 valence electrons. The summed E-state index contributed by atoms with van der Waals surface area (Å²) in [5.41, 5.74) is -0.318. The SMILES string of the molecule is CC(=O)O[C@@H](C)/C=C\C(=O)C[C@@H]1C[C@H](C)[C@H](C/C=C(C)/C=C/[C@H]2O[C@](C)(CO)C[C@@]3(CO3)[C@@H]2O)O[C@@H]1C. The van der Waals surface area contributed by atoms with Crippen molar-refractivity contribution >= 4 is 11.8 Å². The summed E-state index contributed by atoms with van der Waals surface area (Å²) >= 11 is 0. The number of ether oxygens (including phenoxy) is 4. The molecule has 9 atom stereocenters. The van der Waals surface area contributed by atoms with Crippen LogP contribution in [0, 0.1) is 11.8 Å². The van der Waals surface area contributed by atoms with Crippen LogP contribution in [0.3, 0.4) is 0 Å². The fraction of sp³-hybridized carbons (Fsp3) is 0.724. The summed E-state index contributed by atoms with van der Waals surface area (Å²) in [4.78, 5) is 23.4. The first-order valence-corrected chi connectivity index (χ1v) is 13.4. The second-order valence-electron chi connectivity index (χ2n) is 11.4. The van der Waals surface area contributed by atoms with Gasteiger partial charge in [-0.15, -0.1) is 0 Å². The van der Waals surface area contributed by atoms with Gasteiger partial charge in [-0.25, -0.2) is 0 Å². The van der Waals surface area contributed by atoms with Crippen molar-refractivity contribution < 1.29 is 38.7 Å². The summed E-state index contributed by atoms with van der Waals surface area (Å²) in [6.45, 7) is 11.4. The Morgan fingerprint density at radius 2 is 1.92 bits per heavy atom. The number of aliphatic hydroxyl groups excluding tert-OH is 2. The van der Waals surface area contributed by atoms with Crippen molar-refractivity contribution in [2.75, 3.05) is 13.2 Å². The lowest BCUT2D eigenvalue weighted by Gasteiger charge is -2.42. The summed E-state index contributed by atoms with van der Waals surface area (Å²) in [5, 5.41) is 20.5. The van der Waals surface area contributed by atoms with Crippen molar-refractivity contribution in [3.63, 3.8) is 0 Å². The van der Waals surface area contributed by atoms with E-state index in [1.54, 1.807) is 13.0 Å². The molecule has 0 aromatic carbocycles. The molecule has 3 saturated heterocycles. The van der Waals surface area contributed by atoms with E-state index in [0.717, 1.165) is 18.4 Å². The molecule has 8 heteroatoms. The van der Waals surface area contributed by atoms with Crippen molar-refractivity contribution in [1.29, 1.82) is 0 Å². The first kappa shape index (κ1) is 29.7. The molecular weight excluding hydrogens is 476 g/mol. The van der Waals surface area contributed by atoms with E-state index in [0.29, 0.717) is 25.4 Å². The molecule has 0 unspecified atom stereocenters. The van der Waals surface area contributed by atoms with Crippen molar-refractivity contribution in [3.05, 3.63) is 36.0 Å². The molecule has 37 heavy (non-hydrogen) atoms. The van der Waals surface area contributed by atoms with Gasteiger partial charge in [0.1, 0.15) is 23.9 Å². The number of esters is 1. The van der Waals surface area contributed by atoms with E-state index in [4.69, 9.17) is 18.9 Å². The largest absolute Gasteiger partial charge is 0.459 e. The van der Waals surface area contributed by atoms with Crippen molar-refractivity contribution in [1.82, 2.24) is 0 Å². The van der Waals surface area contributed by atoms with Gasteiger partial charge in [-0.05, 0) is 64.5 Å². The normalized spacial score (nSPS) is 39.3. The second kappa shape index (κ2) is 12.3. The van der Waals surface area contributed by atoms with Crippen LogP contribution in [0.15, 0.2) is 36.0 Å². The van der Waals surface area contributed by atoms with Gasteiger partial charge in [0.2, 0.25) is 0 Å². The highest BCUT2D eigenvalue weighted by atomic mass is 16.6. The van der Waals surface area contributed by atoms with Crippen LogP contribution in [0.2, 0.25) is 0 Å². The van der Waals surface area contributed by atoms with E-state index in [2.05, 4.69) is 13.0 Å². The molecule has 0 saturated carbocycles. The molecule has 0 radical (unpaired) electrons. The molecule has 3 aliphatic rings. The summed E-state index contributed by atoms with van der Waals surface area (Å²) in [5.74, 6) is 0.0740. The van der Waals surface area contributed by atoms with Gasteiger partial charge in [0, 0.05) is 19.8 Å². The van der Waals surface area contributed by atoms with E-state index in [9.17, 15) is 19.8 Å². The molecule has 0 aromatic heterocycles. The molecule has 3 heterocycles. The van der Waals surface area contributed by atoms with Crippen LogP contribution in [0.4, 0.5) is 0 Å². The zero-order chi connectivity index (χ0) is 27.4. The number of rotatable bonds is 10. The van der Waals surface area contributed by atoms with E-state index in [1.807, 2.05) is 32.9 Å². The number of carbonyl (C=O) groups excluding carboxylic acids is 2. The molecular formula is C29H44O8. The Hall–Kier alpha value is -1.84. The highest BCUT2D eigenvalue weighted by molar-refractivity contribution is 5.89. The molecule has 0 bridgehead atoms. The Kier molecular flexibility index (Phi) is 9.91. The Bertz CT molecular complexity index is 904. The number of carbonyl (C=O) groups is 2. The maximum atomic E-state index is 12.4. The minimum absolute atomic E-state index is 0.00812. The standard InChI is InChI=1S/C29H44O8/c1-18(8-12-26-27(33)29(17-34-29)15-28(6,16-30)37-26)7-11-25-19(2)13-23(21(4)36-25)14-24(32)10-9-20(3)35-22(5)31/h7-10,12,19-21,23,25-27,30,33H,11,13-17H2,1-6H3/b10-9-,12-8+,18-7+/t19-,20-,21+,23-,25-,26+,27+,28-,29+/m0/s1. The summed E-state index contributed by atoms with van der Waals surface area (Å²) < 4.78 is 22.9. The van der Waals surface area contributed by atoms with E-state index in [1.165, 1.54) is 13.0 Å². The lowest BCUT2D eigenvalue weighted by molar-refractivity contribution is -0.192. The first-order chi connectivity index (χ1) is 17.4. The Balaban J connectivity index is 1.50. The van der Waals surface area contributed by atoms with Crippen molar-refractivity contribution in [3.8, 4) is 0 Å². The average Bonchev–Trinajstić information content (AvgIpc) is 3.59. The predicted octanol–water partition coefficient (Wildman–Crippen LogP) is 3.45. The zero-order valence-electron chi connectivity index (χ0n) is 23.0. The molecule has 0 aromatic rings. The van der Waals surface area contributed by atoms with Gasteiger partial charge in [-0.2, -0.15) is 0 Å². The monoisotopic (exact) mass is 520 g/mol. The third-order valence-corrected chi connectivity index (χ3v) is 7.75. The molecule has 0 amide bonds. The lowest BCUT2D eigenvalue weighted by Crippen LogP contribution is -2.56. The number of aliphatic hydroxyl groups is 2. The third kappa shape index (κ3) is 8.07. The molecule has 1 spiro atoms. The van der Waals surface area contributed by atoms with Crippen LogP contribution in [0.1, 0.15) is 67.2 Å². The van der Waals surface area contributed by atoms with Crippen LogP contribution < -0.4 is 0 Å². The fourth-order valence-electron chi connectivity index (χ4n) is 5.44. The first-order valence-electron chi connectivity index (χ1n) is 13.4.